The second-order valence-corrected chi connectivity index (χ2v) is 6.94. The standard InChI is InChI=1S/C19H17FN4O4S/c1-28-11-10-24-17(25)9-6-14(23-24)18(26)21-22-19(27)16-8-7-15(29-16)12-2-4-13(20)5-3-12/h2-9H,10-11H2,1H3,(H,21,26)(H,22,27). The number of hydrogen-bond acceptors (Lipinski definition) is 6. The van der Waals surface area contributed by atoms with Crippen LogP contribution in [0.4, 0.5) is 4.39 Å². The van der Waals surface area contributed by atoms with Gasteiger partial charge in [0.2, 0.25) is 0 Å². The normalized spacial score (nSPS) is 10.6. The van der Waals surface area contributed by atoms with Crippen LogP contribution in [0.5, 0.6) is 0 Å². The summed E-state index contributed by atoms with van der Waals surface area (Å²) in [5, 5.41) is 3.94. The summed E-state index contributed by atoms with van der Waals surface area (Å²) in [5.74, 6) is -1.52. The molecule has 150 valence electrons. The summed E-state index contributed by atoms with van der Waals surface area (Å²) in [4.78, 5) is 37.3. The molecule has 2 amide bonds. The number of rotatable bonds is 6. The predicted molar refractivity (Wildman–Crippen MR) is 105 cm³/mol. The van der Waals surface area contributed by atoms with Crippen LogP contribution in [0.1, 0.15) is 20.2 Å². The molecule has 0 aliphatic rings. The number of nitrogens with one attached hydrogen (secondary N) is 2. The van der Waals surface area contributed by atoms with Crippen molar-refractivity contribution in [2.75, 3.05) is 13.7 Å². The van der Waals surface area contributed by atoms with Gasteiger partial charge in [-0.1, -0.05) is 12.1 Å². The lowest BCUT2D eigenvalue weighted by atomic mass is 10.2. The van der Waals surface area contributed by atoms with Crippen LogP contribution in [0.2, 0.25) is 0 Å². The summed E-state index contributed by atoms with van der Waals surface area (Å²) in [6.07, 6.45) is 0. The average Bonchev–Trinajstić information content (AvgIpc) is 3.22. The van der Waals surface area contributed by atoms with Crippen LogP contribution in [0, 0.1) is 5.82 Å². The number of amides is 2. The number of ether oxygens (including phenoxy) is 1. The summed E-state index contributed by atoms with van der Waals surface area (Å²) >= 11 is 1.20. The minimum Gasteiger partial charge on any atom is -0.383 e. The van der Waals surface area contributed by atoms with Gasteiger partial charge in [-0.25, -0.2) is 9.07 Å². The highest BCUT2D eigenvalue weighted by Gasteiger charge is 2.14. The van der Waals surface area contributed by atoms with Crippen molar-refractivity contribution < 1.29 is 18.7 Å². The maximum Gasteiger partial charge on any atom is 0.290 e. The van der Waals surface area contributed by atoms with E-state index >= 15 is 0 Å². The van der Waals surface area contributed by atoms with Gasteiger partial charge in [-0.15, -0.1) is 11.3 Å². The second-order valence-electron chi connectivity index (χ2n) is 5.85. The SMILES string of the molecule is COCCn1nc(C(=O)NNC(=O)c2ccc(-c3ccc(F)cc3)s2)ccc1=O. The summed E-state index contributed by atoms with van der Waals surface area (Å²) in [7, 11) is 1.49. The Hall–Kier alpha value is -3.37. The van der Waals surface area contributed by atoms with Crippen LogP contribution < -0.4 is 16.4 Å². The molecule has 1 aromatic carbocycles. The van der Waals surface area contributed by atoms with Crippen LogP contribution in [-0.4, -0.2) is 35.3 Å². The third-order valence-electron chi connectivity index (χ3n) is 3.85. The Kier molecular flexibility index (Phi) is 6.47. The second kappa shape index (κ2) is 9.22. The third-order valence-corrected chi connectivity index (χ3v) is 4.99. The summed E-state index contributed by atoms with van der Waals surface area (Å²) in [6, 6.07) is 11.8. The fourth-order valence-corrected chi connectivity index (χ4v) is 3.28. The van der Waals surface area contributed by atoms with Gasteiger partial charge in [0.1, 0.15) is 5.82 Å². The summed E-state index contributed by atoms with van der Waals surface area (Å²) in [5.41, 5.74) is 4.96. The molecule has 3 rings (SSSR count). The maximum atomic E-state index is 13.0. The molecule has 3 aromatic rings. The highest BCUT2D eigenvalue weighted by molar-refractivity contribution is 7.17. The van der Waals surface area contributed by atoms with E-state index in [0.717, 1.165) is 15.1 Å². The molecular weight excluding hydrogens is 399 g/mol. The molecule has 0 radical (unpaired) electrons. The van der Waals surface area contributed by atoms with E-state index in [-0.39, 0.29) is 30.2 Å². The molecule has 0 aliphatic heterocycles. The van der Waals surface area contributed by atoms with Crippen molar-refractivity contribution >= 4 is 23.2 Å². The Labute approximate surface area is 168 Å². The molecule has 0 bridgehead atoms. The number of nitrogens with zero attached hydrogens (tertiary/aromatic N) is 2. The van der Waals surface area contributed by atoms with E-state index in [9.17, 15) is 18.8 Å². The van der Waals surface area contributed by atoms with Gasteiger partial charge < -0.3 is 4.74 Å². The molecule has 29 heavy (non-hydrogen) atoms. The van der Waals surface area contributed by atoms with E-state index < -0.39 is 11.8 Å². The van der Waals surface area contributed by atoms with Gasteiger partial charge in [0, 0.05) is 18.1 Å². The van der Waals surface area contributed by atoms with Gasteiger partial charge in [0.05, 0.1) is 18.0 Å². The Morgan fingerprint density at radius 3 is 2.52 bits per heavy atom. The fraction of sp³-hybridized carbons (Fsp3) is 0.158. The van der Waals surface area contributed by atoms with E-state index in [2.05, 4.69) is 16.0 Å². The monoisotopic (exact) mass is 416 g/mol. The number of carbonyl (C=O) groups excluding carboxylic acids is 2. The van der Waals surface area contributed by atoms with Crippen LogP contribution >= 0.6 is 11.3 Å². The average molecular weight is 416 g/mol. The van der Waals surface area contributed by atoms with Gasteiger partial charge in [-0.05, 0) is 35.9 Å². The number of hydrogen-bond donors (Lipinski definition) is 2. The molecule has 0 unspecified atom stereocenters. The molecule has 0 atom stereocenters. The van der Waals surface area contributed by atoms with Crippen molar-refractivity contribution in [2.45, 2.75) is 6.54 Å². The molecule has 8 nitrogen and oxygen atoms in total. The van der Waals surface area contributed by atoms with Gasteiger partial charge >= 0.3 is 0 Å². The zero-order chi connectivity index (χ0) is 20.8. The Balaban J connectivity index is 1.63. The highest BCUT2D eigenvalue weighted by atomic mass is 32.1. The smallest absolute Gasteiger partial charge is 0.290 e. The van der Waals surface area contributed by atoms with Crippen molar-refractivity contribution in [2.24, 2.45) is 0 Å². The fourth-order valence-electron chi connectivity index (χ4n) is 2.38. The van der Waals surface area contributed by atoms with Crippen molar-refractivity contribution in [3.05, 3.63) is 75.3 Å². The number of aromatic nitrogens is 2. The van der Waals surface area contributed by atoms with Crippen LogP contribution in [-0.2, 0) is 11.3 Å². The Morgan fingerprint density at radius 1 is 1.07 bits per heavy atom. The minimum absolute atomic E-state index is 0.0285. The van der Waals surface area contributed by atoms with Crippen LogP contribution in [0.25, 0.3) is 10.4 Å². The van der Waals surface area contributed by atoms with Crippen molar-refractivity contribution in [1.82, 2.24) is 20.6 Å². The topological polar surface area (TPSA) is 102 Å². The number of carbonyl (C=O) groups is 2. The molecular formula is C19H17FN4O4S. The Morgan fingerprint density at radius 2 is 1.79 bits per heavy atom. The molecule has 0 spiro atoms. The van der Waals surface area contributed by atoms with Gasteiger partial charge in [0.25, 0.3) is 17.4 Å². The molecule has 2 heterocycles. The first-order chi connectivity index (χ1) is 14.0. The molecule has 10 heteroatoms. The quantitative estimate of drug-likeness (QED) is 0.597. The number of thiophene rings is 1. The minimum atomic E-state index is -0.667. The van der Waals surface area contributed by atoms with E-state index in [1.165, 1.54) is 42.7 Å². The molecule has 2 aromatic heterocycles. The van der Waals surface area contributed by atoms with Crippen molar-refractivity contribution in [3.63, 3.8) is 0 Å². The maximum absolute atomic E-state index is 13.0. The number of methoxy groups -OCH3 is 1. The third kappa shape index (κ3) is 5.12. The van der Waals surface area contributed by atoms with E-state index in [4.69, 9.17) is 4.74 Å². The molecule has 0 saturated heterocycles. The highest BCUT2D eigenvalue weighted by Crippen LogP contribution is 2.28. The van der Waals surface area contributed by atoms with E-state index in [0.29, 0.717) is 4.88 Å². The van der Waals surface area contributed by atoms with Crippen LogP contribution in [0.15, 0.2) is 53.3 Å². The summed E-state index contributed by atoms with van der Waals surface area (Å²) in [6.45, 7) is 0.466. The zero-order valence-electron chi connectivity index (χ0n) is 15.3. The van der Waals surface area contributed by atoms with Crippen molar-refractivity contribution in [1.29, 1.82) is 0 Å². The Bertz CT molecular complexity index is 1080. The molecule has 2 N–H and O–H groups in total. The van der Waals surface area contributed by atoms with E-state index in [1.54, 1.807) is 24.3 Å². The van der Waals surface area contributed by atoms with Gasteiger partial charge in [0.15, 0.2) is 5.69 Å². The lowest BCUT2D eigenvalue weighted by Crippen LogP contribution is -2.42. The van der Waals surface area contributed by atoms with Gasteiger partial charge in [-0.3, -0.25) is 25.2 Å². The van der Waals surface area contributed by atoms with Crippen LogP contribution in [0.3, 0.4) is 0 Å². The predicted octanol–water partition coefficient (Wildman–Crippen LogP) is 1.83. The zero-order valence-corrected chi connectivity index (χ0v) is 16.2. The first-order valence-electron chi connectivity index (χ1n) is 8.51. The molecule has 0 saturated carbocycles. The largest absolute Gasteiger partial charge is 0.383 e. The number of benzene rings is 1. The number of halogens is 1. The summed E-state index contributed by atoms with van der Waals surface area (Å²) < 4.78 is 19.0. The first kappa shape index (κ1) is 20.4. The number of hydrazine groups is 1. The lowest BCUT2D eigenvalue weighted by molar-refractivity contribution is 0.0844. The van der Waals surface area contributed by atoms with Gasteiger partial charge in [-0.2, -0.15) is 5.10 Å². The first-order valence-corrected chi connectivity index (χ1v) is 9.33. The van der Waals surface area contributed by atoms with E-state index in [1.807, 2.05) is 0 Å². The molecule has 0 fully saturated rings. The lowest BCUT2D eigenvalue weighted by Gasteiger charge is -2.08. The van der Waals surface area contributed by atoms with Crippen molar-refractivity contribution in [3.8, 4) is 10.4 Å². The molecule has 0 aliphatic carbocycles.